The zero-order chi connectivity index (χ0) is 12.3. The Morgan fingerprint density at radius 1 is 1.59 bits per heavy atom. The summed E-state index contributed by atoms with van der Waals surface area (Å²) < 4.78 is 0. The highest BCUT2D eigenvalue weighted by Gasteiger charge is 2.15. The lowest BCUT2D eigenvalue weighted by atomic mass is 10.2. The van der Waals surface area contributed by atoms with E-state index in [2.05, 4.69) is 25.5 Å². The molecule has 1 unspecified atom stereocenters. The van der Waals surface area contributed by atoms with Gasteiger partial charge in [-0.1, -0.05) is 11.6 Å². The van der Waals surface area contributed by atoms with Crippen LogP contribution in [0, 0.1) is 0 Å². The lowest BCUT2D eigenvalue weighted by Crippen LogP contribution is -2.27. The highest BCUT2D eigenvalue weighted by Crippen LogP contribution is 2.14. The van der Waals surface area contributed by atoms with Crippen LogP contribution in [0.1, 0.15) is 29.1 Å². The first-order valence-electron chi connectivity index (χ1n) is 4.94. The van der Waals surface area contributed by atoms with Gasteiger partial charge in [0, 0.05) is 12.4 Å². The molecule has 0 fully saturated rings. The smallest absolute Gasteiger partial charge is 0.254 e. The van der Waals surface area contributed by atoms with Gasteiger partial charge >= 0.3 is 0 Å². The van der Waals surface area contributed by atoms with Crippen molar-refractivity contribution in [1.82, 2.24) is 25.5 Å². The van der Waals surface area contributed by atoms with Gasteiger partial charge in [-0.25, -0.2) is 4.98 Å². The molecule has 0 spiro atoms. The average Bonchev–Trinajstić information content (AvgIpc) is 2.82. The molecule has 2 heterocycles. The summed E-state index contributed by atoms with van der Waals surface area (Å²) in [4.78, 5) is 19.7. The number of nitrogens with one attached hydrogen (secondary N) is 2. The second kappa shape index (κ2) is 4.92. The fourth-order valence-electron chi connectivity index (χ4n) is 1.31. The van der Waals surface area contributed by atoms with Crippen molar-refractivity contribution in [1.29, 1.82) is 0 Å². The van der Waals surface area contributed by atoms with Crippen molar-refractivity contribution in [3.05, 3.63) is 41.2 Å². The number of amides is 1. The van der Waals surface area contributed by atoms with Crippen molar-refractivity contribution in [2.45, 2.75) is 13.0 Å². The molecule has 0 aliphatic rings. The van der Waals surface area contributed by atoms with E-state index in [1.165, 1.54) is 18.7 Å². The zero-order valence-corrected chi connectivity index (χ0v) is 9.77. The molecular weight excluding hydrogens is 242 g/mol. The van der Waals surface area contributed by atoms with Crippen molar-refractivity contribution in [3.8, 4) is 0 Å². The molecular formula is C10H10ClN5O. The van der Waals surface area contributed by atoms with Gasteiger partial charge in [-0.3, -0.25) is 14.9 Å². The first-order valence-corrected chi connectivity index (χ1v) is 5.32. The number of aromatic nitrogens is 4. The van der Waals surface area contributed by atoms with E-state index in [0.717, 1.165) is 0 Å². The Morgan fingerprint density at radius 2 is 2.41 bits per heavy atom. The molecule has 0 aromatic carbocycles. The quantitative estimate of drug-likeness (QED) is 0.862. The number of aromatic amines is 1. The molecule has 17 heavy (non-hydrogen) atoms. The second-order valence-electron chi connectivity index (χ2n) is 3.42. The van der Waals surface area contributed by atoms with Crippen molar-refractivity contribution >= 4 is 17.5 Å². The summed E-state index contributed by atoms with van der Waals surface area (Å²) in [5.41, 5.74) is 0.334. The molecule has 0 radical (unpaired) electrons. The topological polar surface area (TPSA) is 83.6 Å². The summed E-state index contributed by atoms with van der Waals surface area (Å²) in [5.74, 6) is 0.283. The predicted octanol–water partition coefficient (Wildman–Crippen LogP) is 1.34. The first kappa shape index (κ1) is 11.5. The van der Waals surface area contributed by atoms with E-state index in [1.54, 1.807) is 13.0 Å². The number of carbonyl (C=O) groups excluding carboxylic acids is 1. The molecule has 1 amide bonds. The van der Waals surface area contributed by atoms with Crippen molar-refractivity contribution in [2.24, 2.45) is 0 Å². The molecule has 0 aliphatic carbocycles. The number of H-pyrrole nitrogens is 1. The molecule has 0 saturated heterocycles. The zero-order valence-electron chi connectivity index (χ0n) is 9.01. The van der Waals surface area contributed by atoms with E-state index < -0.39 is 0 Å². The van der Waals surface area contributed by atoms with E-state index >= 15 is 0 Å². The number of carbonyl (C=O) groups is 1. The molecule has 2 N–H and O–H groups in total. The normalized spacial score (nSPS) is 12.1. The lowest BCUT2D eigenvalue weighted by molar-refractivity contribution is 0.0938. The van der Waals surface area contributed by atoms with Gasteiger partial charge in [0.2, 0.25) is 0 Å². The van der Waals surface area contributed by atoms with Gasteiger partial charge in [0.25, 0.3) is 5.91 Å². The van der Waals surface area contributed by atoms with Gasteiger partial charge in [-0.15, -0.1) is 0 Å². The van der Waals surface area contributed by atoms with Crippen LogP contribution in [0.2, 0.25) is 5.02 Å². The third-order valence-electron chi connectivity index (χ3n) is 2.20. The van der Waals surface area contributed by atoms with Crippen LogP contribution in [0.5, 0.6) is 0 Å². The molecule has 0 aliphatic heterocycles. The molecule has 2 aromatic rings. The fraction of sp³-hybridized carbons (Fsp3) is 0.200. The van der Waals surface area contributed by atoms with E-state index in [0.29, 0.717) is 16.4 Å². The standard InChI is InChI=1S/C10H10ClN5O/c1-6(9-13-5-14-16-9)15-10(17)7-4-12-3-2-8(7)11/h2-6H,1H3,(H,15,17)(H,13,14,16). The first-order chi connectivity index (χ1) is 8.18. The van der Waals surface area contributed by atoms with Crippen molar-refractivity contribution < 1.29 is 4.79 Å². The fourth-order valence-corrected chi connectivity index (χ4v) is 1.50. The number of halogens is 1. The van der Waals surface area contributed by atoms with Crippen LogP contribution in [0.25, 0.3) is 0 Å². The van der Waals surface area contributed by atoms with Crippen LogP contribution in [0.4, 0.5) is 0 Å². The maximum Gasteiger partial charge on any atom is 0.254 e. The monoisotopic (exact) mass is 251 g/mol. The summed E-state index contributed by atoms with van der Waals surface area (Å²) in [5, 5.41) is 9.50. The van der Waals surface area contributed by atoms with E-state index in [1.807, 2.05) is 0 Å². The Morgan fingerprint density at radius 3 is 3.06 bits per heavy atom. The van der Waals surface area contributed by atoms with E-state index in [4.69, 9.17) is 11.6 Å². The molecule has 0 saturated carbocycles. The third-order valence-corrected chi connectivity index (χ3v) is 2.53. The summed E-state index contributed by atoms with van der Waals surface area (Å²) in [6, 6.07) is 1.29. The van der Waals surface area contributed by atoms with E-state index in [9.17, 15) is 4.79 Å². The Bertz CT molecular complexity index is 513. The molecule has 7 heteroatoms. The molecule has 1 atom stereocenters. The summed E-state index contributed by atoms with van der Waals surface area (Å²) >= 11 is 5.89. The molecule has 88 valence electrons. The number of rotatable bonds is 3. The third kappa shape index (κ3) is 2.59. The van der Waals surface area contributed by atoms with Crippen LogP contribution < -0.4 is 5.32 Å². The molecule has 0 bridgehead atoms. The van der Waals surface area contributed by atoms with Crippen LogP contribution in [0.15, 0.2) is 24.8 Å². The Kier molecular flexibility index (Phi) is 3.34. The maximum atomic E-state index is 11.9. The van der Waals surface area contributed by atoms with Gasteiger partial charge in [0.05, 0.1) is 16.6 Å². The van der Waals surface area contributed by atoms with Crippen molar-refractivity contribution in [2.75, 3.05) is 0 Å². The maximum absolute atomic E-state index is 11.9. The minimum Gasteiger partial charge on any atom is -0.342 e. The van der Waals surface area contributed by atoms with Crippen LogP contribution in [-0.4, -0.2) is 26.1 Å². The Balaban J connectivity index is 2.10. The lowest BCUT2D eigenvalue weighted by Gasteiger charge is -2.11. The van der Waals surface area contributed by atoms with Gasteiger partial charge in [-0.05, 0) is 13.0 Å². The second-order valence-corrected chi connectivity index (χ2v) is 3.83. The highest BCUT2D eigenvalue weighted by atomic mass is 35.5. The number of hydrogen-bond donors (Lipinski definition) is 2. The summed E-state index contributed by atoms with van der Waals surface area (Å²) in [7, 11) is 0. The Labute approximate surface area is 102 Å². The molecule has 2 aromatic heterocycles. The highest BCUT2D eigenvalue weighted by molar-refractivity contribution is 6.33. The minimum absolute atomic E-state index is 0.277. The molecule has 2 rings (SSSR count). The number of hydrogen-bond acceptors (Lipinski definition) is 4. The number of pyridine rings is 1. The van der Waals surface area contributed by atoms with Gasteiger partial charge < -0.3 is 5.32 Å². The van der Waals surface area contributed by atoms with Gasteiger partial charge in [0.15, 0.2) is 0 Å². The SMILES string of the molecule is CC(NC(=O)c1cnccc1Cl)c1ncn[nH]1. The molecule has 6 nitrogen and oxygen atoms in total. The summed E-state index contributed by atoms with van der Waals surface area (Å²) in [6.45, 7) is 1.79. The van der Waals surface area contributed by atoms with E-state index in [-0.39, 0.29) is 11.9 Å². The van der Waals surface area contributed by atoms with Crippen LogP contribution in [-0.2, 0) is 0 Å². The number of nitrogens with zero attached hydrogens (tertiary/aromatic N) is 3. The van der Waals surface area contributed by atoms with Crippen molar-refractivity contribution in [3.63, 3.8) is 0 Å². The Hall–Kier alpha value is -1.95. The van der Waals surface area contributed by atoms with Gasteiger partial charge in [0.1, 0.15) is 12.2 Å². The van der Waals surface area contributed by atoms with Crippen LogP contribution >= 0.6 is 11.6 Å². The minimum atomic E-state index is -0.299. The van der Waals surface area contributed by atoms with Gasteiger partial charge in [-0.2, -0.15) is 5.10 Å². The largest absolute Gasteiger partial charge is 0.342 e. The average molecular weight is 252 g/mol. The van der Waals surface area contributed by atoms with Crippen LogP contribution in [0.3, 0.4) is 0 Å². The predicted molar refractivity (Wildman–Crippen MR) is 61.5 cm³/mol. The summed E-state index contributed by atoms with van der Waals surface area (Å²) in [6.07, 6.45) is 4.33.